The number of nitrogen functional groups attached to an aromatic ring is 1. The van der Waals surface area contributed by atoms with E-state index < -0.39 is 5.82 Å². The average molecular weight is 259 g/mol. The zero-order chi connectivity index (χ0) is 13.8. The number of anilines is 1. The fraction of sp³-hybridized carbons (Fsp3) is 0.143. The molecule has 0 atom stereocenters. The maximum atomic E-state index is 13.7. The summed E-state index contributed by atoms with van der Waals surface area (Å²) >= 11 is 0. The van der Waals surface area contributed by atoms with Gasteiger partial charge in [0.15, 0.2) is 0 Å². The largest absolute Gasteiger partial charge is 0.399 e. The molecular weight excluding hydrogens is 245 g/mol. The van der Waals surface area contributed by atoms with Gasteiger partial charge in [-0.05, 0) is 29.8 Å². The van der Waals surface area contributed by atoms with E-state index in [4.69, 9.17) is 5.73 Å². The van der Waals surface area contributed by atoms with Crippen LogP contribution in [0.4, 0.5) is 10.1 Å². The van der Waals surface area contributed by atoms with Crippen LogP contribution in [-0.2, 0) is 6.54 Å². The molecule has 0 aliphatic rings. The van der Waals surface area contributed by atoms with Crippen molar-refractivity contribution in [3.05, 3.63) is 59.7 Å². The number of amides is 1. The molecule has 1 amide bonds. The van der Waals surface area contributed by atoms with E-state index in [9.17, 15) is 9.18 Å². The summed E-state index contributed by atoms with van der Waals surface area (Å²) in [5, 5.41) is 0. The van der Waals surface area contributed by atoms with E-state index in [2.05, 4.69) is 4.98 Å². The molecule has 4 nitrogen and oxygen atoms in total. The lowest BCUT2D eigenvalue weighted by atomic mass is 10.1. The average Bonchev–Trinajstić information content (AvgIpc) is 2.39. The molecule has 19 heavy (non-hydrogen) atoms. The third-order valence-corrected chi connectivity index (χ3v) is 2.71. The minimum Gasteiger partial charge on any atom is -0.399 e. The van der Waals surface area contributed by atoms with Crippen molar-refractivity contribution in [2.75, 3.05) is 12.8 Å². The summed E-state index contributed by atoms with van der Waals surface area (Å²) in [7, 11) is 1.62. The van der Waals surface area contributed by atoms with Crippen molar-refractivity contribution in [3.8, 4) is 0 Å². The predicted octanol–water partition coefficient (Wildman–Crippen LogP) is 2.08. The number of nitrogens with two attached hydrogens (primary N) is 1. The van der Waals surface area contributed by atoms with Gasteiger partial charge in [0.1, 0.15) is 5.82 Å². The van der Waals surface area contributed by atoms with Crippen LogP contribution in [0.3, 0.4) is 0 Å². The predicted molar refractivity (Wildman–Crippen MR) is 70.8 cm³/mol. The number of carbonyl (C=O) groups is 1. The number of carbonyl (C=O) groups excluding carboxylic acids is 1. The minimum absolute atomic E-state index is 0.0144. The number of nitrogens with zero attached hydrogens (tertiary/aromatic N) is 2. The second kappa shape index (κ2) is 5.48. The zero-order valence-electron chi connectivity index (χ0n) is 10.5. The van der Waals surface area contributed by atoms with Crippen molar-refractivity contribution in [1.29, 1.82) is 0 Å². The molecule has 98 valence electrons. The van der Waals surface area contributed by atoms with E-state index in [1.54, 1.807) is 25.5 Å². The van der Waals surface area contributed by atoms with Crippen LogP contribution in [0.25, 0.3) is 0 Å². The molecule has 1 heterocycles. The van der Waals surface area contributed by atoms with Crippen molar-refractivity contribution < 1.29 is 9.18 Å². The summed E-state index contributed by atoms with van der Waals surface area (Å²) in [5.74, 6) is -0.996. The molecule has 2 rings (SSSR count). The Morgan fingerprint density at radius 2 is 2.21 bits per heavy atom. The first-order valence-corrected chi connectivity index (χ1v) is 5.77. The normalized spacial score (nSPS) is 10.2. The van der Waals surface area contributed by atoms with Gasteiger partial charge in [0, 0.05) is 31.7 Å². The molecular formula is C14H14FN3O. The molecule has 1 aromatic carbocycles. The van der Waals surface area contributed by atoms with Gasteiger partial charge in [0.2, 0.25) is 0 Å². The van der Waals surface area contributed by atoms with Crippen molar-refractivity contribution in [2.24, 2.45) is 0 Å². The number of aromatic nitrogens is 1. The molecule has 0 fully saturated rings. The Kier molecular flexibility index (Phi) is 3.75. The Morgan fingerprint density at radius 1 is 1.42 bits per heavy atom. The number of benzene rings is 1. The Labute approximate surface area is 110 Å². The maximum absolute atomic E-state index is 13.7. The first-order chi connectivity index (χ1) is 9.08. The van der Waals surface area contributed by atoms with E-state index in [1.807, 2.05) is 6.07 Å². The second-order valence-corrected chi connectivity index (χ2v) is 4.26. The van der Waals surface area contributed by atoms with Gasteiger partial charge in [-0.3, -0.25) is 9.78 Å². The third kappa shape index (κ3) is 3.07. The van der Waals surface area contributed by atoms with Crippen LogP contribution in [0, 0.1) is 5.82 Å². The number of hydrogen-bond acceptors (Lipinski definition) is 3. The van der Waals surface area contributed by atoms with Gasteiger partial charge in [-0.1, -0.05) is 6.07 Å². The fourth-order valence-electron chi connectivity index (χ4n) is 1.75. The lowest BCUT2D eigenvalue weighted by molar-refractivity contribution is 0.0780. The molecule has 0 aliphatic heterocycles. The Bertz CT molecular complexity index is 586. The maximum Gasteiger partial charge on any atom is 0.256 e. The molecule has 0 saturated heterocycles. The minimum atomic E-state index is -0.608. The number of rotatable bonds is 3. The van der Waals surface area contributed by atoms with E-state index >= 15 is 0 Å². The number of halogens is 1. The quantitative estimate of drug-likeness (QED) is 0.858. The fourth-order valence-corrected chi connectivity index (χ4v) is 1.75. The van der Waals surface area contributed by atoms with Crippen molar-refractivity contribution in [3.63, 3.8) is 0 Å². The van der Waals surface area contributed by atoms with E-state index in [1.165, 1.54) is 17.0 Å². The molecule has 0 spiro atoms. The summed E-state index contributed by atoms with van der Waals surface area (Å²) in [6.45, 7) is 0.372. The third-order valence-electron chi connectivity index (χ3n) is 2.71. The van der Waals surface area contributed by atoms with Crippen LogP contribution in [0.1, 0.15) is 15.9 Å². The Morgan fingerprint density at radius 3 is 2.84 bits per heavy atom. The smallest absolute Gasteiger partial charge is 0.256 e. The molecule has 2 aromatic rings. The molecule has 0 radical (unpaired) electrons. The highest BCUT2D eigenvalue weighted by Crippen LogP contribution is 2.14. The lowest BCUT2D eigenvalue weighted by Gasteiger charge is -2.17. The van der Waals surface area contributed by atoms with Crippen LogP contribution in [0.5, 0.6) is 0 Å². The van der Waals surface area contributed by atoms with Crippen molar-refractivity contribution in [2.45, 2.75) is 6.54 Å². The monoisotopic (exact) mass is 259 g/mol. The summed E-state index contributed by atoms with van der Waals surface area (Å²) in [6, 6.07) is 7.69. The van der Waals surface area contributed by atoms with E-state index in [-0.39, 0.29) is 11.5 Å². The lowest BCUT2D eigenvalue weighted by Crippen LogP contribution is -2.27. The van der Waals surface area contributed by atoms with Gasteiger partial charge >= 0.3 is 0 Å². The molecule has 0 aliphatic carbocycles. The topological polar surface area (TPSA) is 59.2 Å². The van der Waals surface area contributed by atoms with Gasteiger partial charge in [0.05, 0.1) is 5.56 Å². The number of hydrogen-bond donors (Lipinski definition) is 1. The van der Waals surface area contributed by atoms with Gasteiger partial charge in [-0.2, -0.15) is 0 Å². The van der Waals surface area contributed by atoms with Gasteiger partial charge in [-0.25, -0.2) is 4.39 Å². The number of pyridine rings is 1. The molecule has 1 aromatic heterocycles. The van der Waals surface area contributed by atoms with Crippen LogP contribution >= 0.6 is 0 Å². The van der Waals surface area contributed by atoms with Gasteiger partial charge in [0.25, 0.3) is 5.91 Å². The highest BCUT2D eigenvalue weighted by Gasteiger charge is 2.16. The van der Waals surface area contributed by atoms with Crippen molar-refractivity contribution in [1.82, 2.24) is 9.88 Å². The first kappa shape index (κ1) is 13.0. The molecule has 0 saturated carbocycles. The summed E-state index contributed by atoms with van der Waals surface area (Å²) < 4.78 is 13.7. The summed E-state index contributed by atoms with van der Waals surface area (Å²) in [5.41, 5.74) is 6.65. The van der Waals surface area contributed by atoms with Gasteiger partial charge < -0.3 is 10.6 Å². The SMILES string of the molecule is CN(Cc1cccnc1)C(=O)c1ccc(N)cc1F. The summed E-state index contributed by atoms with van der Waals surface area (Å²) in [6.07, 6.45) is 3.33. The Balaban J connectivity index is 2.15. The Hall–Kier alpha value is -2.43. The van der Waals surface area contributed by atoms with Crippen molar-refractivity contribution >= 4 is 11.6 Å². The first-order valence-electron chi connectivity index (χ1n) is 5.77. The molecule has 0 unspecified atom stereocenters. The standard InChI is InChI=1S/C14H14FN3O/c1-18(9-10-3-2-6-17-8-10)14(19)12-5-4-11(16)7-13(12)15/h2-8H,9,16H2,1H3. The second-order valence-electron chi connectivity index (χ2n) is 4.26. The van der Waals surface area contributed by atoms with E-state index in [0.29, 0.717) is 12.2 Å². The summed E-state index contributed by atoms with van der Waals surface area (Å²) in [4.78, 5) is 17.5. The van der Waals surface area contributed by atoms with Gasteiger partial charge in [-0.15, -0.1) is 0 Å². The van der Waals surface area contributed by atoms with Crippen LogP contribution in [-0.4, -0.2) is 22.8 Å². The van der Waals surface area contributed by atoms with Crippen LogP contribution in [0.15, 0.2) is 42.7 Å². The molecule has 0 bridgehead atoms. The van der Waals surface area contributed by atoms with Crippen LogP contribution in [0.2, 0.25) is 0 Å². The van der Waals surface area contributed by atoms with Crippen LogP contribution < -0.4 is 5.73 Å². The highest BCUT2D eigenvalue weighted by atomic mass is 19.1. The zero-order valence-corrected chi connectivity index (χ0v) is 10.5. The highest BCUT2D eigenvalue weighted by molar-refractivity contribution is 5.94. The molecule has 5 heteroatoms. The molecule has 2 N–H and O–H groups in total. The van der Waals surface area contributed by atoms with E-state index in [0.717, 1.165) is 11.6 Å².